The van der Waals surface area contributed by atoms with Gasteiger partial charge in [0.15, 0.2) is 6.61 Å². The average molecular weight is 520 g/mol. The van der Waals surface area contributed by atoms with Crippen LogP contribution in [0.25, 0.3) is 11.1 Å². The number of aryl methyl sites for hydroxylation is 2. The van der Waals surface area contributed by atoms with Gasteiger partial charge in [0.25, 0.3) is 5.91 Å². The molecule has 1 heterocycles. The topological polar surface area (TPSA) is 136 Å². The minimum absolute atomic E-state index is 0.116. The zero-order chi connectivity index (χ0) is 27.1. The van der Waals surface area contributed by atoms with Gasteiger partial charge in [-0.1, -0.05) is 30.3 Å². The minimum Gasteiger partial charge on any atom is -0.489 e. The zero-order valence-corrected chi connectivity index (χ0v) is 21.2. The van der Waals surface area contributed by atoms with Crippen LogP contribution in [0.3, 0.4) is 0 Å². The van der Waals surface area contributed by atoms with Gasteiger partial charge in [-0.3, -0.25) is 4.79 Å². The molecule has 0 bridgehead atoms. The van der Waals surface area contributed by atoms with Crippen molar-refractivity contribution in [1.29, 1.82) is 0 Å². The van der Waals surface area contributed by atoms with E-state index in [4.69, 9.17) is 19.1 Å². The Morgan fingerprint density at radius 2 is 1.71 bits per heavy atom. The maximum absolute atomic E-state index is 11.8. The summed E-state index contributed by atoms with van der Waals surface area (Å²) in [5.41, 5.74) is 5.34. The highest BCUT2D eigenvalue weighted by molar-refractivity contribution is 5.77. The minimum atomic E-state index is -0.786. The van der Waals surface area contributed by atoms with Crippen LogP contribution in [0.15, 0.2) is 74.8 Å². The molecule has 1 aromatic heterocycles. The largest absolute Gasteiger partial charge is 0.489 e. The van der Waals surface area contributed by atoms with Crippen molar-refractivity contribution in [3.8, 4) is 22.6 Å². The first-order valence-electron chi connectivity index (χ1n) is 12.1. The Labute approximate surface area is 218 Å². The van der Waals surface area contributed by atoms with Gasteiger partial charge in [-0.25, -0.2) is 14.6 Å². The van der Waals surface area contributed by atoms with Crippen LogP contribution in [-0.2, 0) is 17.9 Å². The summed E-state index contributed by atoms with van der Waals surface area (Å²) in [5, 5.41) is 11.4. The Kier molecular flexibility index (Phi) is 8.44. The number of nitrogens with zero attached hydrogens (tertiary/aromatic N) is 1. The van der Waals surface area contributed by atoms with Crippen LogP contribution < -0.4 is 26.2 Å². The summed E-state index contributed by atoms with van der Waals surface area (Å²) in [4.78, 5) is 36.5. The second-order valence-corrected chi connectivity index (χ2v) is 8.77. The molecule has 0 aliphatic rings. The fraction of sp³-hybridized carbons (Fsp3) is 0.250. The Bertz CT molecular complexity index is 1490. The lowest BCUT2D eigenvalue weighted by atomic mass is 9.94. The molecule has 0 spiro atoms. The molecule has 0 saturated carbocycles. The van der Waals surface area contributed by atoms with E-state index in [2.05, 4.69) is 16.4 Å². The highest BCUT2D eigenvalue weighted by Gasteiger charge is 2.11. The van der Waals surface area contributed by atoms with Gasteiger partial charge in [0, 0.05) is 6.54 Å². The van der Waals surface area contributed by atoms with E-state index in [1.165, 1.54) is 0 Å². The molecule has 4 rings (SSSR count). The molecule has 0 atom stereocenters. The number of rotatable bonds is 11. The average Bonchev–Trinajstić information content (AvgIpc) is 3.21. The lowest BCUT2D eigenvalue weighted by Crippen LogP contribution is -2.31. The number of nitrogens with one attached hydrogen (secondary N) is 2. The third-order valence-electron chi connectivity index (χ3n) is 5.81. The zero-order valence-electron chi connectivity index (χ0n) is 21.2. The van der Waals surface area contributed by atoms with E-state index in [-0.39, 0.29) is 32.2 Å². The molecular weight excluding hydrogens is 490 g/mol. The van der Waals surface area contributed by atoms with Gasteiger partial charge in [0.2, 0.25) is 0 Å². The van der Waals surface area contributed by atoms with E-state index in [1.807, 2.05) is 44.2 Å². The van der Waals surface area contributed by atoms with E-state index in [0.717, 1.165) is 38.1 Å². The van der Waals surface area contributed by atoms with Gasteiger partial charge < -0.3 is 24.4 Å². The third-order valence-corrected chi connectivity index (χ3v) is 5.81. The SMILES string of the molecule is Cc1cc(OCC(=O)NCCO)cc(C)c1-c1cccc(COc2ccc(Cn3oc(=O)[nH]c3=O)cc2)c1. The number of aliphatic hydroxyl groups excluding tert-OH is 1. The fourth-order valence-electron chi connectivity index (χ4n) is 4.12. The number of aromatic nitrogens is 2. The molecule has 0 saturated heterocycles. The van der Waals surface area contributed by atoms with Crippen molar-refractivity contribution in [1.82, 2.24) is 15.0 Å². The van der Waals surface area contributed by atoms with Gasteiger partial charge in [-0.15, -0.1) is 4.74 Å². The van der Waals surface area contributed by atoms with Crippen molar-refractivity contribution < 1.29 is 23.9 Å². The Morgan fingerprint density at radius 1 is 0.974 bits per heavy atom. The first-order valence-corrected chi connectivity index (χ1v) is 12.1. The summed E-state index contributed by atoms with van der Waals surface area (Å²) in [6, 6.07) is 19.1. The van der Waals surface area contributed by atoms with Gasteiger partial charge in [0.05, 0.1) is 13.2 Å². The summed E-state index contributed by atoms with van der Waals surface area (Å²) in [5.74, 6) is 0.199. The van der Waals surface area contributed by atoms with Crippen molar-refractivity contribution in [3.63, 3.8) is 0 Å². The quantitative estimate of drug-likeness (QED) is 0.277. The van der Waals surface area contributed by atoms with Gasteiger partial charge in [0.1, 0.15) is 18.1 Å². The van der Waals surface area contributed by atoms with Gasteiger partial charge in [-0.2, -0.15) is 0 Å². The molecule has 3 aromatic carbocycles. The summed E-state index contributed by atoms with van der Waals surface area (Å²) in [6.45, 7) is 4.46. The summed E-state index contributed by atoms with van der Waals surface area (Å²) < 4.78 is 17.3. The first-order chi connectivity index (χ1) is 18.3. The maximum atomic E-state index is 11.8. The van der Waals surface area contributed by atoms with E-state index in [0.29, 0.717) is 18.1 Å². The second-order valence-electron chi connectivity index (χ2n) is 8.77. The molecule has 10 heteroatoms. The third kappa shape index (κ3) is 6.80. The molecule has 0 unspecified atom stereocenters. The van der Waals surface area contributed by atoms with E-state index < -0.39 is 11.4 Å². The Morgan fingerprint density at radius 3 is 2.37 bits per heavy atom. The first kappa shape index (κ1) is 26.5. The number of amides is 1. The number of carbonyl (C=O) groups is 1. The van der Waals surface area contributed by atoms with Crippen molar-refractivity contribution in [2.45, 2.75) is 27.0 Å². The Balaban J connectivity index is 1.39. The molecule has 4 aromatic rings. The molecule has 1 amide bonds. The van der Waals surface area contributed by atoms with E-state index >= 15 is 0 Å². The molecule has 10 nitrogen and oxygen atoms in total. The number of aliphatic hydroxyl groups is 1. The van der Waals surface area contributed by atoms with Gasteiger partial charge in [-0.05, 0) is 77.6 Å². The number of H-pyrrole nitrogens is 1. The molecule has 0 aliphatic heterocycles. The number of hydrogen-bond donors (Lipinski definition) is 3. The lowest BCUT2D eigenvalue weighted by molar-refractivity contribution is -0.123. The normalized spacial score (nSPS) is 10.8. The van der Waals surface area contributed by atoms with Crippen LogP contribution in [0.1, 0.15) is 22.3 Å². The highest BCUT2D eigenvalue weighted by Crippen LogP contribution is 2.31. The predicted molar refractivity (Wildman–Crippen MR) is 140 cm³/mol. The van der Waals surface area contributed by atoms with Crippen molar-refractivity contribution in [2.75, 3.05) is 19.8 Å². The summed E-state index contributed by atoms with van der Waals surface area (Å²) in [7, 11) is 0. The van der Waals surface area contributed by atoms with Crippen LogP contribution in [0.2, 0.25) is 0 Å². The van der Waals surface area contributed by atoms with Crippen LogP contribution in [0, 0.1) is 13.8 Å². The van der Waals surface area contributed by atoms with Crippen LogP contribution in [-0.4, -0.2) is 40.5 Å². The number of benzene rings is 3. The summed E-state index contributed by atoms with van der Waals surface area (Å²) in [6.07, 6.45) is 0. The monoisotopic (exact) mass is 519 g/mol. The fourth-order valence-corrected chi connectivity index (χ4v) is 4.12. The van der Waals surface area contributed by atoms with Crippen LogP contribution >= 0.6 is 0 Å². The van der Waals surface area contributed by atoms with Crippen molar-refractivity contribution >= 4 is 5.91 Å². The summed E-state index contributed by atoms with van der Waals surface area (Å²) >= 11 is 0. The molecule has 0 radical (unpaired) electrons. The van der Waals surface area contributed by atoms with Crippen LogP contribution in [0.4, 0.5) is 0 Å². The number of hydrogen-bond acceptors (Lipinski definition) is 7. The number of carbonyl (C=O) groups excluding carboxylic acids is 1. The predicted octanol–water partition coefficient (Wildman–Crippen LogP) is 2.53. The molecular formula is C28H29N3O7. The molecule has 0 fully saturated rings. The van der Waals surface area contributed by atoms with E-state index in [9.17, 15) is 14.4 Å². The Hall–Kier alpha value is -4.57. The van der Waals surface area contributed by atoms with Gasteiger partial charge >= 0.3 is 11.4 Å². The van der Waals surface area contributed by atoms with Crippen molar-refractivity contribution in [3.05, 3.63) is 104 Å². The molecule has 0 aliphatic carbocycles. The number of ether oxygens (including phenoxy) is 2. The molecule has 38 heavy (non-hydrogen) atoms. The van der Waals surface area contributed by atoms with E-state index in [1.54, 1.807) is 24.3 Å². The maximum Gasteiger partial charge on any atom is 0.440 e. The van der Waals surface area contributed by atoms with Crippen molar-refractivity contribution in [2.24, 2.45) is 0 Å². The standard InChI is InChI=1S/C28H29N3O7/c1-18-12-24(37-17-25(33)29-10-11-32)13-19(2)26(18)22-5-3-4-21(14-22)16-36-23-8-6-20(7-9-23)15-31-27(34)30-28(35)38-31/h3-9,12-14,32H,10-11,15-17H2,1-2H3,(H,29,33)(H,30,34,35). The van der Waals surface area contributed by atoms with Crippen LogP contribution in [0.5, 0.6) is 11.5 Å². The lowest BCUT2D eigenvalue weighted by Gasteiger charge is -2.15. The molecule has 198 valence electrons. The second kappa shape index (κ2) is 12.1. The highest BCUT2D eigenvalue weighted by atomic mass is 16.5. The molecule has 3 N–H and O–H groups in total. The smallest absolute Gasteiger partial charge is 0.440 e. The number of aromatic amines is 1.